The van der Waals surface area contributed by atoms with E-state index < -0.39 is 6.36 Å². The Hall–Kier alpha value is -2.71. The Morgan fingerprint density at radius 2 is 2.17 bits per heavy atom. The Labute approximate surface area is 136 Å². The molecule has 1 aliphatic rings. The molecule has 0 saturated carbocycles. The van der Waals surface area contributed by atoms with Crippen molar-refractivity contribution in [3.05, 3.63) is 42.5 Å². The molecule has 6 nitrogen and oxygen atoms in total. The summed E-state index contributed by atoms with van der Waals surface area (Å²) in [6.07, 6.45) is 0.280. The number of ether oxygens (including phenoxy) is 1. The number of nitrogens with two attached hydrogens (primary N) is 1. The molecule has 3 rings (SSSR count). The van der Waals surface area contributed by atoms with Crippen LogP contribution in [0.25, 0.3) is 0 Å². The number of hydrogen-bond acceptors (Lipinski definition) is 3. The quantitative estimate of drug-likeness (QED) is 0.665. The number of benzene rings is 1. The lowest BCUT2D eigenvalue weighted by atomic mass is 10.1. The number of imidazole rings is 1. The van der Waals surface area contributed by atoms with Gasteiger partial charge >= 0.3 is 6.36 Å². The summed E-state index contributed by atoms with van der Waals surface area (Å²) in [5.41, 5.74) is 5.94. The van der Waals surface area contributed by atoms with E-state index >= 15 is 0 Å². The third kappa shape index (κ3) is 3.98. The molecule has 0 amide bonds. The molecule has 24 heavy (non-hydrogen) atoms. The summed E-state index contributed by atoms with van der Waals surface area (Å²) in [6, 6.07) is 5.61. The van der Waals surface area contributed by atoms with E-state index in [1.165, 1.54) is 18.2 Å². The number of guanidine groups is 1. The molecule has 0 spiro atoms. The van der Waals surface area contributed by atoms with E-state index in [2.05, 4.69) is 20.0 Å². The molecular formula is C15H16F3N5O. The standard InChI is InChI=1S/C15H16F3N5O/c16-15(17,18)24-12-4-2-1-3-11(12)22-14(19)21-10-5-7-23-8-6-20-13(23)9-10/h1-4,6,8,10H,5,7,9H2,(H3,19,21,22). The van der Waals surface area contributed by atoms with Gasteiger partial charge in [-0.05, 0) is 18.6 Å². The minimum absolute atomic E-state index is 0.0400. The number of nitrogens with one attached hydrogen (secondary N) is 1. The van der Waals surface area contributed by atoms with Gasteiger partial charge in [-0.25, -0.2) is 9.98 Å². The van der Waals surface area contributed by atoms with Crippen LogP contribution in [0.5, 0.6) is 5.75 Å². The number of aryl methyl sites for hydroxylation is 1. The van der Waals surface area contributed by atoms with Gasteiger partial charge in [0.2, 0.25) is 0 Å². The van der Waals surface area contributed by atoms with E-state index in [1.807, 2.05) is 10.8 Å². The molecule has 1 aliphatic heterocycles. The molecule has 0 aliphatic carbocycles. The molecular weight excluding hydrogens is 323 g/mol. The van der Waals surface area contributed by atoms with Crippen molar-refractivity contribution in [2.45, 2.75) is 31.8 Å². The molecule has 1 atom stereocenters. The Morgan fingerprint density at radius 3 is 2.96 bits per heavy atom. The lowest BCUT2D eigenvalue weighted by molar-refractivity contribution is -0.274. The van der Waals surface area contributed by atoms with Gasteiger partial charge in [-0.3, -0.25) is 0 Å². The predicted octanol–water partition coefficient (Wildman–Crippen LogP) is 2.52. The summed E-state index contributed by atoms with van der Waals surface area (Å²) in [5, 5.41) is 2.67. The van der Waals surface area contributed by atoms with Gasteiger partial charge in [0.05, 0.1) is 11.7 Å². The summed E-state index contributed by atoms with van der Waals surface area (Å²) in [6.45, 7) is 0.782. The van der Waals surface area contributed by atoms with E-state index in [4.69, 9.17) is 5.73 Å². The maximum Gasteiger partial charge on any atom is 0.573 e. The number of aromatic nitrogens is 2. The second kappa shape index (κ2) is 6.42. The van der Waals surface area contributed by atoms with Crippen LogP contribution in [0.15, 0.2) is 41.7 Å². The van der Waals surface area contributed by atoms with Crippen LogP contribution in [0.2, 0.25) is 0 Å². The van der Waals surface area contributed by atoms with E-state index in [9.17, 15) is 13.2 Å². The summed E-state index contributed by atoms with van der Waals surface area (Å²) < 4.78 is 43.3. The molecule has 0 radical (unpaired) electrons. The van der Waals surface area contributed by atoms with E-state index in [0.717, 1.165) is 18.8 Å². The fourth-order valence-corrected chi connectivity index (χ4v) is 2.60. The third-order valence-electron chi connectivity index (χ3n) is 3.62. The number of aliphatic imine (C=N–C) groups is 1. The lowest BCUT2D eigenvalue weighted by Crippen LogP contribution is -2.29. The van der Waals surface area contributed by atoms with Crippen molar-refractivity contribution in [2.24, 2.45) is 10.7 Å². The van der Waals surface area contributed by atoms with Crippen LogP contribution in [-0.4, -0.2) is 27.9 Å². The van der Waals surface area contributed by atoms with Crippen LogP contribution < -0.4 is 15.8 Å². The summed E-state index contributed by atoms with van der Waals surface area (Å²) in [5.74, 6) is 0.601. The highest BCUT2D eigenvalue weighted by atomic mass is 19.4. The Balaban J connectivity index is 1.70. The van der Waals surface area contributed by atoms with Crippen molar-refractivity contribution in [3.63, 3.8) is 0 Å². The molecule has 1 unspecified atom stereocenters. The van der Waals surface area contributed by atoms with Gasteiger partial charge in [0.1, 0.15) is 5.82 Å². The molecule has 9 heteroatoms. The molecule has 1 aromatic carbocycles. The molecule has 0 bridgehead atoms. The first kappa shape index (κ1) is 16.2. The average molecular weight is 339 g/mol. The van der Waals surface area contributed by atoms with E-state index in [1.54, 1.807) is 12.3 Å². The first-order valence-corrected chi connectivity index (χ1v) is 7.36. The number of rotatable bonds is 3. The van der Waals surface area contributed by atoms with Crippen molar-refractivity contribution >= 4 is 11.6 Å². The van der Waals surface area contributed by atoms with Gasteiger partial charge in [0.25, 0.3) is 0 Å². The number of alkyl halides is 3. The molecule has 128 valence electrons. The van der Waals surface area contributed by atoms with Gasteiger partial charge in [0, 0.05) is 25.4 Å². The summed E-state index contributed by atoms with van der Waals surface area (Å²) in [7, 11) is 0. The summed E-state index contributed by atoms with van der Waals surface area (Å²) >= 11 is 0. The van der Waals surface area contributed by atoms with Crippen LogP contribution in [0.4, 0.5) is 18.9 Å². The van der Waals surface area contributed by atoms with Gasteiger partial charge in [0.15, 0.2) is 11.7 Å². The maximum atomic E-state index is 12.4. The second-order valence-electron chi connectivity index (χ2n) is 5.37. The minimum atomic E-state index is -4.77. The van der Waals surface area contributed by atoms with Gasteiger partial charge in [-0.15, -0.1) is 13.2 Å². The van der Waals surface area contributed by atoms with Crippen LogP contribution in [-0.2, 0) is 13.0 Å². The number of halogens is 3. The minimum Gasteiger partial charge on any atom is -0.404 e. The highest BCUT2D eigenvalue weighted by Crippen LogP contribution is 2.29. The van der Waals surface area contributed by atoms with Crippen molar-refractivity contribution in [3.8, 4) is 5.75 Å². The smallest absolute Gasteiger partial charge is 0.404 e. The fourth-order valence-electron chi connectivity index (χ4n) is 2.60. The SMILES string of the molecule is NC(=NC1CCn2ccnc2C1)Nc1ccccc1OC(F)(F)F. The highest BCUT2D eigenvalue weighted by molar-refractivity contribution is 5.93. The number of hydrogen-bond donors (Lipinski definition) is 2. The van der Waals surface area contributed by atoms with Crippen molar-refractivity contribution in [2.75, 3.05) is 5.32 Å². The largest absolute Gasteiger partial charge is 0.573 e. The number of para-hydroxylation sites is 2. The average Bonchev–Trinajstić information content (AvgIpc) is 2.95. The van der Waals surface area contributed by atoms with E-state index in [-0.39, 0.29) is 23.4 Å². The zero-order chi connectivity index (χ0) is 17.2. The van der Waals surface area contributed by atoms with Gasteiger partial charge < -0.3 is 20.4 Å². The van der Waals surface area contributed by atoms with Crippen LogP contribution in [0.1, 0.15) is 12.2 Å². The zero-order valence-corrected chi connectivity index (χ0v) is 12.6. The van der Waals surface area contributed by atoms with Crippen LogP contribution in [0, 0.1) is 0 Å². The normalized spacial score (nSPS) is 18.1. The predicted molar refractivity (Wildman–Crippen MR) is 82.7 cm³/mol. The monoisotopic (exact) mass is 339 g/mol. The Kier molecular flexibility index (Phi) is 4.32. The van der Waals surface area contributed by atoms with Crippen molar-refractivity contribution in [1.82, 2.24) is 9.55 Å². The van der Waals surface area contributed by atoms with Crippen molar-refractivity contribution < 1.29 is 17.9 Å². The molecule has 2 heterocycles. The molecule has 1 aromatic heterocycles. The molecule has 0 fully saturated rings. The fraction of sp³-hybridized carbons (Fsp3) is 0.333. The topological polar surface area (TPSA) is 77.5 Å². The summed E-state index contributed by atoms with van der Waals surface area (Å²) in [4.78, 5) is 8.58. The van der Waals surface area contributed by atoms with Crippen molar-refractivity contribution in [1.29, 1.82) is 0 Å². The first-order valence-electron chi connectivity index (χ1n) is 7.36. The van der Waals surface area contributed by atoms with Crippen LogP contribution in [0.3, 0.4) is 0 Å². The molecule has 2 aromatic rings. The second-order valence-corrected chi connectivity index (χ2v) is 5.37. The number of anilines is 1. The molecule has 0 saturated heterocycles. The lowest BCUT2D eigenvalue weighted by Gasteiger charge is -2.21. The van der Waals surface area contributed by atoms with E-state index in [0.29, 0.717) is 6.42 Å². The Morgan fingerprint density at radius 1 is 1.38 bits per heavy atom. The van der Waals surface area contributed by atoms with Crippen LogP contribution >= 0.6 is 0 Å². The zero-order valence-electron chi connectivity index (χ0n) is 12.6. The van der Waals surface area contributed by atoms with Gasteiger partial charge in [-0.2, -0.15) is 0 Å². The first-order chi connectivity index (χ1) is 11.4. The Bertz CT molecular complexity index is 741. The highest BCUT2D eigenvalue weighted by Gasteiger charge is 2.32. The number of fused-ring (bicyclic) bond motifs is 1. The molecule has 3 N–H and O–H groups in total. The number of nitrogens with zero attached hydrogens (tertiary/aromatic N) is 3. The maximum absolute atomic E-state index is 12.4. The third-order valence-corrected chi connectivity index (χ3v) is 3.62. The van der Waals surface area contributed by atoms with Gasteiger partial charge in [-0.1, -0.05) is 12.1 Å².